The van der Waals surface area contributed by atoms with Crippen LogP contribution >= 0.6 is 0 Å². The van der Waals surface area contributed by atoms with E-state index in [4.69, 9.17) is 10.3 Å². The summed E-state index contributed by atoms with van der Waals surface area (Å²) in [4.78, 5) is 17.0. The van der Waals surface area contributed by atoms with E-state index in [0.717, 1.165) is 32.4 Å². The van der Waals surface area contributed by atoms with Gasteiger partial charge in [0.1, 0.15) is 0 Å². The topological polar surface area (TPSA) is 105 Å². The third-order valence-corrected chi connectivity index (χ3v) is 3.87. The van der Waals surface area contributed by atoms with Gasteiger partial charge in [-0.05, 0) is 25.8 Å². The van der Waals surface area contributed by atoms with Gasteiger partial charge in [0.05, 0.1) is 6.54 Å². The molecule has 0 aliphatic carbocycles. The van der Waals surface area contributed by atoms with E-state index in [2.05, 4.69) is 22.0 Å². The van der Waals surface area contributed by atoms with Crippen molar-refractivity contribution in [3.63, 3.8) is 0 Å². The Morgan fingerprint density at radius 3 is 3.00 bits per heavy atom. The van der Waals surface area contributed by atoms with Gasteiger partial charge in [-0.2, -0.15) is 4.98 Å². The number of nitrogens with zero attached hydrogens (tertiary/aromatic N) is 3. The van der Waals surface area contributed by atoms with Crippen molar-refractivity contribution in [2.45, 2.75) is 32.7 Å². The summed E-state index contributed by atoms with van der Waals surface area (Å²) in [6.45, 7) is 4.54. The van der Waals surface area contributed by atoms with Gasteiger partial charge in [-0.15, -0.1) is 0 Å². The molecular formula is C12H20N4O3. The molecule has 7 heteroatoms. The van der Waals surface area contributed by atoms with Crippen LogP contribution in [0.5, 0.6) is 0 Å². The molecule has 1 aromatic heterocycles. The van der Waals surface area contributed by atoms with Crippen LogP contribution in [0.25, 0.3) is 0 Å². The van der Waals surface area contributed by atoms with Crippen molar-refractivity contribution in [1.29, 1.82) is 0 Å². The number of amides is 1. The van der Waals surface area contributed by atoms with Gasteiger partial charge in [0.25, 0.3) is 0 Å². The summed E-state index contributed by atoms with van der Waals surface area (Å²) in [5.74, 6) is -0.412. The molecule has 2 rings (SSSR count). The van der Waals surface area contributed by atoms with Gasteiger partial charge in [-0.25, -0.2) is 0 Å². The Kier molecular flexibility index (Phi) is 4.16. The molecule has 0 aromatic carbocycles. The van der Waals surface area contributed by atoms with Crippen LogP contribution in [-0.2, 0) is 6.54 Å². The fraction of sp³-hybridized carbons (Fsp3) is 0.750. The van der Waals surface area contributed by atoms with Crippen LogP contribution < -0.4 is 5.73 Å². The fourth-order valence-corrected chi connectivity index (χ4v) is 2.59. The predicted octanol–water partition coefficient (Wildman–Crippen LogP) is 0.153. The van der Waals surface area contributed by atoms with Crippen LogP contribution in [0.15, 0.2) is 4.52 Å². The molecule has 1 saturated heterocycles. The summed E-state index contributed by atoms with van der Waals surface area (Å²) in [5, 5.41) is 13.3. The van der Waals surface area contributed by atoms with Crippen molar-refractivity contribution in [3.05, 3.63) is 11.7 Å². The molecule has 0 spiro atoms. The summed E-state index contributed by atoms with van der Waals surface area (Å²) in [6.07, 6.45) is 3.02. The van der Waals surface area contributed by atoms with Gasteiger partial charge in [0, 0.05) is 18.6 Å². The van der Waals surface area contributed by atoms with Crippen LogP contribution in [0.1, 0.15) is 42.7 Å². The van der Waals surface area contributed by atoms with E-state index in [-0.39, 0.29) is 17.9 Å². The normalized spacial score (nSPS) is 24.5. The lowest BCUT2D eigenvalue weighted by Gasteiger charge is -2.40. The average Bonchev–Trinajstić information content (AvgIpc) is 2.87. The number of carbonyl (C=O) groups excluding carboxylic acids is 1. The molecule has 0 saturated carbocycles. The third kappa shape index (κ3) is 3.10. The highest BCUT2D eigenvalue weighted by molar-refractivity contribution is 5.87. The third-order valence-electron chi connectivity index (χ3n) is 3.87. The lowest BCUT2D eigenvalue weighted by molar-refractivity contribution is 0.0245. The molecule has 1 atom stereocenters. The predicted molar refractivity (Wildman–Crippen MR) is 67.1 cm³/mol. The second kappa shape index (κ2) is 5.66. The van der Waals surface area contributed by atoms with E-state index in [1.807, 2.05) is 0 Å². The first-order valence-corrected chi connectivity index (χ1v) is 6.54. The Labute approximate surface area is 111 Å². The van der Waals surface area contributed by atoms with Gasteiger partial charge >= 0.3 is 11.8 Å². The standard InChI is InChI=1S/C12H20N4O3/c1-2-12(8-17)4-3-5-16(7-12)6-9-14-11(10(13)18)19-15-9/h17H,2-8H2,1H3,(H2,13,18)/t12-/m1/s1. The van der Waals surface area contributed by atoms with Crippen molar-refractivity contribution < 1.29 is 14.4 Å². The highest BCUT2D eigenvalue weighted by Gasteiger charge is 2.33. The van der Waals surface area contributed by atoms with Crippen molar-refractivity contribution in [1.82, 2.24) is 15.0 Å². The van der Waals surface area contributed by atoms with Gasteiger partial charge in [0.15, 0.2) is 5.82 Å². The lowest BCUT2D eigenvalue weighted by atomic mass is 9.78. The highest BCUT2D eigenvalue weighted by Crippen LogP contribution is 2.33. The van der Waals surface area contributed by atoms with Crippen molar-refractivity contribution in [2.24, 2.45) is 11.1 Å². The average molecular weight is 268 g/mol. The summed E-state index contributed by atoms with van der Waals surface area (Å²) in [6, 6.07) is 0. The molecule has 0 bridgehead atoms. The molecule has 1 amide bonds. The zero-order chi connectivity index (χ0) is 13.9. The molecule has 19 heavy (non-hydrogen) atoms. The van der Waals surface area contributed by atoms with Gasteiger partial charge in [0.2, 0.25) is 0 Å². The molecule has 0 unspecified atom stereocenters. The second-order valence-corrected chi connectivity index (χ2v) is 5.21. The minimum absolute atomic E-state index is 0.0332. The fourth-order valence-electron chi connectivity index (χ4n) is 2.59. The zero-order valence-corrected chi connectivity index (χ0v) is 11.1. The summed E-state index contributed by atoms with van der Waals surface area (Å²) < 4.78 is 4.76. The summed E-state index contributed by atoms with van der Waals surface area (Å²) >= 11 is 0. The molecular weight excluding hydrogens is 248 g/mol. The van der Waals surface area contributed by atoms with Gasteiger partial charge < -0.3 is 15.4 Å². The maximum atomic E-state index is 10.9. The smallest absolute Gasteiger partial charge is 0.315 e. The maximum absolute atomic E-state index is 10.9. The monoisotopic (exact) mass is 268 g/mol. The lowest BCUT2D eigenvalue weighted by Crippen LogP contribution is -2.44. The van der Waals surface area contributed by atoms with Gasteiger partial charge in [-0.3, -0.25) is 9.69 Å². The van der Waals surface area contributed by atoms with E-state index < -0.39 is 5.91 Å². The largest absolute Gasteiger partial charge is 0.396 e. The quantitative estimate of drug-likeness (QED) is 0.787. The SMILES string of the molecule is CC[C@@]1(CO)CCCN(Cc2noc(C(N)=O)n2)C1. The number of primary amides is 1. The molecule has 1 aromatic rings. The number of aromatic nitrogens is 2. The van der Waals surface area contributed by atoms with E-state index >= 15 is 0 Å². The second-order valence-electron chi connectivity index (χ2n) is 5.21. The first-order valence-electron chi connectivity index (χ1n) is 6.54. The Bertz CT molecular complexity index is 442. The number of aliphatic hydroxyl groups excluding tert-OH is 1. The Morgan fingerprint density at radius 1 is 1.63 bits per heavy atom. The molecule has 106 valence electrons. The highest BCUT2D eigenvalue weighted by atomic mass is 16.5. The Morgan fingerprint density at radius 2 is 2.42 bits per heavy atom. The molecule has 2 heterocycles. The number of carbonyl (C=O) groups is 1. The maximum Gasteiger partial charge on any atom is 0.315 e. The number of likely N-dealkylation sites (tertiary alicyclic amines) is 1. The molecule has 3 N–H and O–H groups in total. The van der Waals surface area contributed by atoms with Crippen LogP contribution in [0.3, 0.4) is 0 Å². The Balaban J connectivity index is 2.00. The van der Waals surface area contributed by atoms with E-state index in [9.17, 15) is 9.90 Å². The van der Waals surface area contributed by atoms with E-state index in [1.54, 1.807) is 0 Å². The van der Waals surface area contributed by atoms with Crippen molar-refractivity contribution in [2.75, 3.05) is 19.7 Å². The number of piperidine rings is 1. The summed E-state index contributed by atoms with van der Waals surface area (Å²) in [5.41, 5.74) is 5.03. The van der Waals surface area contributed by atoms with Crippen molar-refractivity contribution >= 4 is 5.91 Å². The first kappa shape index (κ1) is 14.0. The number of nitrogens with two attached hydrogens (primary N) is 1. The zero-order valence-electron chi connectivity index (χ0n) is 11.1. The van der Waals surface area contributed by atoms with Crippen LogP contribution in [0, 0.1) is 5.41 Å². The molecule has 7 nitrogen and oxygen atoms in total. The van der Waals surface area contributed by atoms with Crippen LogP contribution in [0.2, 0.25) is 0 Å². The molecule has 1 fully saturated rings. The Hall–Kier alpha value is -1.47. The summed E-state index contributed by atoms with van der Waals surface area (Å²) in [7, 11) is 0. The van der Waals surface area contributed by atoms with Gasteiger partial charge in [-0.1, -0.05) is 12.1 Å². The van der Waals surface area contributed by atoms with Crippen molar-refractivity contribution in [3.8, 4) is 0 Å². The number of hydrogen-bond acceptors (Lipinski definition) is 6. The number of aliphatic hydroxyl groups is 1. The van der Waals surface area contributed by atoms with Crippen LogP contribution in [0.4, 0.5) is 0 Å². The molecule has 1 aliphatic rings. The van der Waals surface area contributed by atoms with E-state index in [1.165, 1.54) is 0 Å². The minimum Gasteiger partial charge on any atom is -0.396 e. The van der Waals surface area contributed by atoms with E-state index in [0.29, 0.717) is 12.4 Å². The molecule has 1 aliphatic heterocycles. The van der Waals surface area contributed by atoms with Crippen LogP contribution in [-0.4, -0.2) is 45.8 Å². The minimum atomic E-state index is -0.712. The molecule has 0 radical (unpaired) electrons. The number of hydrogen-bond donors (Lipinski definition) is 2. The number of rotatable bonds is 5. The first-order chi connectivity index (χ1) is 9.08.